The number of hydrazone groups is 1. The zero-order valence-electron chi connectivity index (χ0n) is 18.9. The van der Waals surface area contributed by atoms with Crippen LogP contribution in [0.2, 0.25) is 0 Å². The summed E-state index contributed by atoms with van der Waals surface area (Å²) in [7, 11) is 1.82. The van der Waals surface area contributed by atoms with Crippen molar-refractivity contribution in [3.63, 3.8) is 0 Å². The van der Waals surface area contributed by atoms with Crippen molar-refractivity contribution < 1.29 is 18.3 Å². The van der Waals surface area contributed by atoms with E-state index in [0.717, 1.165) is 17.7 Å². The second-order valence-electron chi connectivity index (χ2n) is 8.09. The monoisotopic (exact) mass is 466 g/mol. The van der Waals surface area contributed by atoms with Crippen LogP contribution in [0, 0.1) is 18.6 Å². The third kappa shape index (κ3) is 5.16. The van der Waals surface area contributed by atoms with E-state index >= 15 is 0 Å². The lowest BCUT2D eigenvalue weighted by atomic mass is 10.0. The minimum absolute atomic E-state index is 0.109. The number of rotatable bonds is 8. The Labute approximate surface area is 195 Å². The highest BCUT2D eigenvalue weighted by molar-refractivity contribution is 5.80. The number of ether oxygens (including phenoxy) is 1. The number of aryl methyl sites for hydroxylation is 2. The minimum Gasteiger partial charge on any atom is -0.472 e. The molecule has 3 heterocycles. The first-order chi connectivity index (χ1) is 16.3. The number of hydrogen-bond donors (Lipinski definition) is 0. The van der Waals surface area contributed by atoms with Gasteiger partial charge in [0.05, 0.1) is 30.3 Å². The molecule has 0 aliphatic carbocycles. The van der Waals surface area contributed by atoms with Gasteiger partial charge in [0.2, 0.25) is 11.8 Å². The van der Waals surface area contributed by atoms with Gasteiger partial charge < -0.3 is 4.74 Å². The Bertz CT molecular complexity index is 1240. The van der Waals surface area contributed by atoms with E-state index in [0.29, 0.717) is 30.0 Å². The van der Waals surface area contributed by atoms with Gasteiger partial charge in [-0.15, -0.1) is 0 Å². The van der Waals surface area contributed by atoms with Crippen LogP contribution < -0.4 is 4.74 Å². The highest BCUT2D eigenvalue weighted by Crippen LogP contribution is 2.32. The van der Waals surface area contributed by atoms with Crippen LogP contribution in [0.25, 0.3) is 11.3 Å². The molecule has 1 aliphatic rings. The summed E-state index contributed by atoms with van der Waals surface area (Å²) in [5.74, 6) is -1.04. The molecule has 0 radical (unpaired) electrons. The summed E-state index contributed by atoms with van der Waals surface area (Å²) < 4.78 is 35.7. The van der Waals surface area contributed by atoms with Crippen molar-refractivity contribution in [2.24, 2.45) is 12.1 Å². The van der Waals surface area contributed by atoms with Gasteiger partial charge >= 0.3 is 0 Å². The molecule has 0 bridgehead atoms. The van der Waals surface area contributed by atoms with Crippen LogP contribution in [-0.2, 0) is 11.8 Å². The zero-order chi connectivity index (χ0) is 24.2. The van der Waals surface area contributed by atoms with Crippen LogP contribution in [0.1, 0.15) is 36.4 Å². The van der Waals surface area contributed by atoms with Gasteiger partial charge in [0.25, 0.3) is 0 Å². The highest BCUT2D eigenvalue weighted by atomic mass is 19.1. The van der Waals surface area contributed by atoms with Crippen molar-refractivity contribution in [2.75, 3.05) is 6.61 Å². The lowest BCUT2D eigenvalue weighted by Gasteiger charge is -2.23. The van der Waals surface area contributed by atoms with E-state index in [1.54, 1.807) is 17.1 Å². The second kappa shape index (κ2) is 9.90. The Balaban J connectivity index is 1.28. The summed E-state index contributed by atoms with van der Waals surface area (Å²) >= 11 is 0. The molecule has 0 spiro atoms. The molecule has 176 valence electrons. The van der Waals surface area contributed by atoms with Gasteiger partial charge in [-0.1, -0.05) is 6.58 Å². The van der Waals surface area contributed by atoms with E-state index in [9.17, 15) is 13.6 Å². The van der Waals surface area contributed by atoms with Crippen molar-refractivity contribution in [2.45, 2.75) is 32.2 Å². The first-order valence-corrected chi connectivity index (χ1v) is 10.7. The molecular weight excluding hydrogens is 442 g/mol. The van der Waals surface area contributed by atoms with Crippen LogP contribution in [0.5, 0.6) is 5.88 Å². The molecule has 1 atom stereocenters. The fraction of sp³-hybridized carbons (Fsp3) is 0.292. The van der Waals surface area contributed by atoms with Crippen LogP contribution in [-0.4, -0.2) is 43.5 Å². The Morgan fingerprint density at radius 3 is 2.71 bits per heavy atom. The normalized spacial score (nSPS) is 15.1. The van der Waals surface area contributed by atoms with Gasteiger partial charge in [-0.05, 0) is 36.6 Å². The molecule has 1 aromatic carbocycles. The molecule has 1 aliphatic heterocycles. The summed E-state index contributed by atoms with van der Waals surface area (Å²) in [6.07, 6.45) is 8.95. The standard InChI is InChI=1S/C24H24F2N6O2/c1-15(14-34-23-12-27-21(11-28-23)17-10-30-31(3)13-17)4-5-24(33)32-22(6-7-29-32)18-9-19(25)16(2)8-20(18)26/h7-13,22H,1,4-6,14H2,2-3H3. The largest absolute Gasteiger partial charge is 0.472 e. The summed E-state index contributed by atoms with van der Waals surface area (Å²) in [6, 6.07) is 1.61. The summed E-state index contributed by atoms with van der Waals surface area (Å²) in [5, 5.41) is 9.39. The predicted octanol–water partition coefficient (Wildman–Crippen LogP) is 4.14. The third-order valence-corrected chi connectivity index (χ3v) is 5.47. The fourth-order valence-corrected chi connectivity index (χ4v) is 3.57. The quantitative estimate of drug-likeness (QED) is 0.466. The maximum atomic E-state index is 14.4. The summed E-state index contributed by atoms with van der Waals surface area (Å²) in [5.41, 5.74) is 2.53. The number of hydrogen-bond acceptors (Lipinski definition) is 6. The zero-order valence-corrected chi connectivity index (χ0v) is 18.9. The number of amides is 1. The molecule has 1 amide bonds. The molecule has 2 aromatic heterocycles. The Hall–Kier alpha value is -3.95. The molecule has 3 aromatic rings. The van der Waals surface area contributed by atoms with Crippen molar-refractivity contribution >= 4 is 12.1 Å². The van der Waals surface area contributed by atoms with E-state index in [2.05, 4.69) is 26.7 Å². The molecule has 0 saturated carbocycles. The van der Waals surface area contributed by atoms with E-state index in [4.69, 9.17) is 4.74 Å². The minimum atomic E-state index is -0.666. The van der Waals surface area contributed by atoms with Crippen molar-refractivity contribution in [1.29, 1.82) is 0 Å². The molecule has 34 heavy (non-hydrogen) atoms. The number of nitrogens with zero attached hydrogens (tertiary/aromatic N) is 6. The molecule has 8 nitrogen and oxygen atoms in total. The average Bonchev–Trinajstić information content (AvgIpc) is 3.48. The maximum absolute atomic E-state index is 14.4. The van der Waals surface area contributed by atoms with Crippen LogP contribution >= 0.6 is 0 Å². The van der Waals surface area contributed by atoms with Gasteiger partial charge in [-0.25, -0.2) is 23.8 Å². The smallest absolute Gasteiger partial charge is 0.243 e. The van der Waals surface area contributed by atoms with Crippen molar-refractivity contribution in [1.82, 2.24) is 24.8 Å². The molecule has 10 heteroatoms. The molecule has 0 N–H and O–H groups in total. The lowest BCUT2D eigenvalue weighted by molar-refractivity contribution is -0.133. The number of benzene rings is 1. The van der Waals surface area contributed by atoms with E-state index in [1.807, 2.05) is 13.2 Å². The number of aromatic nitrogens is 4. The van der Waals surface area contributed by atoms with Gasteiger partial charge in [0, 0.05) is 43.4 Å². The van der Waals surface area contributed by atoms with Gasteiger partial charge in [-0.2, -0.15) is 10.2 Å². The summed E-state index contributed by atoms with van der Waals surface area (Å²) in [6.45, 7) is 5.60. The van der Waals surface area contributed by atoms with E-state index in [-0.39, 0.29) is 30.1 Å². The highest BCUT2D eigenvalue weighted by Gasteiger charge is 2.30. The Morgan fingerprint density at radius 1 is 1.18 bits per heavy atom. The van der Waals surface area contributed by atoms with Crippen LogP contribution in [0.4, 0.5) is 8.78 Å². The third-order valence-electron chi connectivity index (χ3n) is 5.47. The molecule has 1 unspecified atom stereocenters. The van der Waals surface area contributed by atoms with Crippen molar-refractivity contribution in [3.05, 3.63) is 71.8 Å². The SMILES string of the molecule is C=C(CCC(=O)N1N=CCC1c1cc(F)c(C)cc1F)COc1cnc(-c2cnn(C)c2)cn1. The van der Waals surface area contributed by atoms with Gasteiger partial charge in [-0.3, -0.25) is 9.48 Å². The van der Waals surface area contributed by atoms with Crippen LogP contribution in [0.3, 0.4) is 0 Å². The first-order valence-electron chi connectivity index (χ1n) is 10.7. The number of halogens is 2. The second-order valence-corrected chi connectivity index (χ2v) is 8.09. The predicted molar refractivity (Wildman–Crippen MR) is 122 cm³/mol. The fourth-order valence-electron chi connectivity index (χ4n) is 3.57. The number of carbonyl (C=O) groups is 1. The number of carbonyl (C=O) groups excluding carboxylic acids is 1. The topological polar surface area (TPSA) is 85.5 Å². The maximum Gasteiger partial charge on any atom is 0.243 e. The van der Waals surface area contributed by atoms with Gasteiger partial charge in [0.15, 0.2) is 0 Å². The summed E-state index contributed by atoms with van der Waals surface area (Å²) in [4.78, 5) is 21.3. The van der Waals surface area contributed by atoms with Gasteiger partial charge in [0.1, 0.15) is 18.2 Å². The molecule has 0 saturated heterocycles. The van der Waals surface area contributed by atoms with Crippen LogP contribution in [0.15, 0.2) is 54.2 Å². The van der Waals surface area contributed by atoms with E-state index < -0.39 is 17.7 Å². The Morgan fingerprint density at radius 2 is 2.00 bits per heavy atom. The Kier molecular flexibility index (Phi) is 6.76. The first kappa shape index (κ1) is 23.2. The molecular formula is C24H24F2N6O2. The average molecular weight is 466 g/mol. The molecule has 4 rings (SSSR count). The lowest BCUT2D eigenvalue weighted by Crippen LogP contribution is -2.27. The van der Waals surface area contributed by atoms with E-state index in [1.165, 1.54) is 24.3 Å². The molecule has 0 fully saturated rings. The van der Waals surface area contributed by atoms with Crippen molar-refractivity contribution in [3.8, 4) is 17.1 Å².